The van der Waals surface area contributed by atoms with Crippen LogP contribution in [0.15, 0.2) is 66.0 Å². The predicted octanol–water partition coefficient (Wildman–Crippen LogP) is 4.43. The number of methoxy groups -OCH3 is 1. The maximum absolute atomic E-state index is 13.3. The van der Waals surface area contributed by atoms with Gasteiger partial charge in [0.25, 0.3) is 5.91 Å². The molecule has 2 aromatic carbocycles. The van der Waals surface area contributed by atoms with Gasteiger partial charge in [-0.25, -0.2) is 9.69 Å². The number of anilines is 2. The van der Waals surface area contributed by atoms with Crippen LogP contribution >= 0.6 is 11.3 Å². The largest absolute Gasteiger partial charge is 0.497 e. The van der Waals surface area contributed by atoms with E-state index in [-0.39, 0.29) is 18.9 Å². The lowest BCUT2D eigenvalue weighted by atomic mass is 10.1. The summed E-state index contributed by atoms with van der Waals surface area (Å²) >= 11 is 1.50. The first kappa shape index (κ1) is 21.6. The van der Waals surface area contributed by atoms with Crippen molar-refractivity contribution >= 4 is 40.6 Å². The number of hydrogen-bond acceptors (Lipinski definition) is 5. The van der Waals surface area contributed by atoms with Gasteiger partial charge in [0.05, 0.1) is 25.8 Å². The number of carbonyl (C=O) groups is 3. The smallest absolute Gasteiger partial charge is 0.332 e. The summed E-state index contributed by atoms with van der Waals surface area (Å²) in [5, 5.41) is 4.72. The van der Waals surface area contributed by atoms with Crippen molar-refractivity contribution < 1.29 is 19.1 Å². The summed E-state index contributed by atoms with van der Waals surface area (Å²) in [5.74, 6) is -0.0684. The minimum atomic E-state index is -0.886. The molecule has 1 saturated heterocycles. The molecule has 1 fully saturated rings. The molecule has 8 heteroatoms. The van der Waals surface area contributed by atoms with Crippen LogP contribution in [0, 0.1) is 6.92 Å². The summed E-state index contributed by atoms with van der Waals surface area (Å²) in [7, 11) is 1.57. The van der Waals surface area contributed by atoms with Gasteiger partial charge in [0.15, 0.2) is 0 Å². The van der Waals surface area contributed by atoms with Crippen LogP contribution < -0.4 is 15.0 Å². The number of urea groups is 1. The fraction of sp³-hybridized carbons (Fsp3) is 0.208. The van der Waals surface area contributed by atoms with Crippen molar-refractivity contribution in [2.24, 2.45) is 0 Å². The van der Waals surface area contributed by atoms with Crippen molar-refractivity contribution in [1.29, 1.82) is 0 Å². The number of carbonyl (C=O) groups excluding carboxylic acids is 3. The molecule has 1 atom stereocenters. The van der Waals surface area contributed by atoms with Crippen molar-refractivity contribution in [2.75, 3.05) is 17.3 Å². The third-order valence-electron chi connectivity index (χ3n) is 5.24. The molecule has 164 valence electrons. The van der Waals surface area contributed by atoms with Gasteiger partial charge >= 0.3 is 6.03 Å². The number of thiophene rings is 1. The van der Waals surface area contributed by atoms with E-state index in [9.17, 15) is 14.4 Å². The predicted molar refractivity (Wildman–Crippen MR) is 124 cm³/mol. The van der Waals surface area contributed by atoms with Crippen LogP contribution in [0.25, 0.3) is 0 Å². The Labute approximate surface area is 190 Å². The van der Waals surface area contributed by atoms with E-state index in [1.54, 1.807) is 49.6 Å². The quantitative estimate of drug-likeness (QED) is 0.541. The molecule has 0 saturated carbocycles. The second kappa shape index (κ2) is 9.23. The van der Waals surface area contributed by atoms with Crippen LogP contribution in [0.5, 0.6) is 5.75 Å². The van der Waals surface area contributed by atoms with Crippen molar-refractivity contribution in [1.82, 2.24) is 4.90 Å². The van der Waals surface area contributed by atoms with Crippen molar-refractivity contribution in [3.63, 3.8) is 0 Å². The second-order valence-corrected chi connectivity index (χ2v) is 8.53. The van der Waals surface area contributed by atoms with Crippen molar-refractivity contribution in [3.8, 4) is 5.75 Å². The molecule has 1 aliphatic heterocycles. The SMILES string of the molecule is COc1ccc(NC(=O)C[C@H]2C(=O)N(c3cccc(C)c3)C(=O)N2Cc2cccs2)cc1. The number of nitrogens with zero attached hydrogens (tertiary/aromatic N) is 2. The molecule has 0 unspecified atom stereocenters. The van der Waals surface area contributed by atoms with E-state index in [1.807, 2.05) is 30.5 Å². The van der Waals surface area contributed by atoms with Crippen LogP contribution in [-0.4, -0.2) is 35.9 Å². The van der Waals surface area contributed by atoms with Gasteiger partial charge in [0.1, 0.15) is 11.8 Å². The first-order chi connectivity index (χ1) is 15.5. The Kier molecular flexibility index (Phi) is 6.23. The van der Waals surface area contributed by atoms with Gasteiger partial charge in [-0.3, -0.25) is 9.59 Å². The lowest BCUT2D eigenvalue weighted by molar-refractivity contribution is -0.124. The van der Waals surface area contributed by atoms with Gasteiger partial charge in [-0.1, -0.05) is 18.2 Å². The van der Waals surface area contributed by atoms with E-state index in [4.69, 9.17) is 4.74 Å². The molecule has 4 amide bonds. The Hall–Kier alpha value is -3.65. The molecule has 4 rings (SSSR count). The van der Waals surface area contributed by atoms with E-state index in [0.29, 0.717) is 17.1 Å². The topological polar surface area (TPSA) is 79.0 Å². The Morgan fingerprint density at radius 3 is 2.53 bits per heavy atom. The molecule has 0 aliphatic carbocycles. The third kappa shape index (κ3) is 4.50. The number of hydrogen-bond donors (Lipinski definition) is 1. The van der Waals surface area contributed by atoms with Gasteiger partial charge in [-0.05, 0) is 60.3 Å². The maximum Gasteiger partial charge on any atom is 0.332 e. The molecular weight excluding hydrogens is 426 g/mol. The number of benzene rings is 2. The van der Waals surface area contributed by atoms with Crippen LogP contribution in [0.4, 0.5) is 16.2 Å². The highest BCUT2D eigenvalue weighted by atomic mass is 32.1. The van der Waals surface area contributed by atoms with E-state index >= 15 is 0 Å². The highest BCUT2D eigenvalue weighted by Gasteiger charge is 2.46. The van der Waals surface area contributed by atoms with E-state index in [1.165, 1.54) is 21.1 Å². The molecule has 1 N–H and O–H groups in total. The first-order valence-electron chi connectivity index (χ1n) is 10.1. The molecule has 0 bridgehead atoms. The molecule has 1 aromatic heterocycles. The van der Waals surface area contributed by atoms with E-state index < -0.39 is 18.0 Å². The molecule has 0 radical (unpaired) electrons. The lowest BCUT2D eigenvalue weighted by Gasteiger charge is -2.21. The highest BCUT2D eigenvalue weighted by Crippen LogP contribution is 2.30. The molecular formula is C24H23N3O4S. The summed E-state index contributed by atoms with van der Waals surface area (Å²) in [5.41, 5.74) is 2.04. The van der Waals surface area contributed by atoms with Crippen LogP contribution in [0.2, 0.25) is 0 Å². The van der Waals surface area contributed by atoms with Gasteiger partial charge in [0, 0.05) is 10.6 Å². The van der Waals surface area contributed by atoms with Crippen molar-refractivity contribution in [3.05, 3.63) is 76.5 Å². The molecule has 32 heavy (non-hydrogen) atoms. The molecule has 1 aliphatic rings. The van der Waals surface area contributed by atoms with Crippen LogP contribution in [-0.2, 0) is 16.1 Å². The van der Waals surface area contributed by atoms with Crippen LogP contribution in [0.1, 0.15) is 16.9 Å². The summed E-state index contributed by atoms with van der Waals surface area (Å²) in [4.78, 5) is 42.9. The molecule has 2 heterocycles. The van der Waals surface area contributed by atoms with E-state index in [0.717, 1.165) is 10.4 Å². The monoisotopic (exact) mass is 449 g/mol. The summed E-state index contributed by atoms with van der Waals surface area (Å²) in [6, 6.07) is 16.6. The standard InChI is InChI=1S/C24H23N3O4S/c1-16-5-3-6-18(13-16)27-23(29)21(26(24(27)30)15-20-7-4-12-32-20)14-22(28)25-17-8-10-19(31-2)11-9-17/h3-13,21H,14-15H2,1-2H3,(H,25,28)/t21-/m0/s1. The number of amides is 4. The second-order valence-electron chi connectivity index (χ2n) is 7.50. The minimum absolute atomic E-state index is 0.135. The third-order valence-corrected chi connectivity index (χ3v) is 6.10. The number of rotatable bonds is 7. The molecule has 7 nitrogen and oxygen atoms in total. The zero-order chi connectivity index (χ0) is 22.7. The Balaban J connectivity index is 1.57. The van der Waals surface area contributed by atoms with Gasteiger partial charge in [0.2, 0.25) is 5.91 Å². The van der Waals surface area contributed by atoms with Crippen molar-refractivity contribution in [2.45, 2.75) is 25.9 Å². The van der Waals surface area contributed by atoms with Crippen LogP contribution in [0.3, 0.4) is 0 Å². The van der Waals surface area contributed by atoms with E-state index in [2.05, 4.69) is 5.32 Å². The summed E-state index contributed by atoms with van der Waals surface area (Å²) in [6.07, 6.45) is -0.135. The number of imide groups is 1. The normalized spacial score (nSPS) is 15.9. The highest BCUT2D eigenvalue weighted by molar-refractivity contribution is 7.09. The summed E-state index contributed by atoms with van der Waals surface area (Å²) < 4.78 is 5.13. The first-order valence-corrected chi connectivity index (χ1v) is 11.0. The minimum Gasteiger partial charge on any atom is -0.497 e. The number of aryl methyl sites for hydroxylation is 1. The Morgan fingerprint density at radius 2 is 1.88 bits per heavy atom. The zero-order valence-electron chi connectivity index (χ0n) is 17.8. The van der Waals surface area contributed by atoms with Gasteiger partial charge in [-0.15, -0.1) is 11.3 Å². The Morgan fingerprint density at radius 1 is 1.09 bits per heavy atom. The molecule has 3 aromatic rings. The molecule has 0 spiro atoms. The fourth-order valence-corrected chi connectivity index (χ4v) is 4.35. The number of ether oxygens (including phenoxy) is 1. The maximum atomic E-state index is 13.3. The van der Waals surface area contributed by atoms with Gasteiger partial charge in [-0.2, -0.15) is 0 Å². The lowest BCUT2D eigenvalue weighted by Crippen LogP contribution is -2.37. The average Bonchev–Trinajstić information content (AvgIpc) is 3.37. The number of nitrogens with one attached hydrogen (secondary N) is 1. The fourth-order valence-electron chi connectivity index (χ4n) is 3.65. The van der Waals surface area contributed by atoms with Gasteiger partial charge < -0.3 is 15.0 Å². The zero-order valence-corrected chi connectivity index (χ0v) is 18.6. The summed E-state index contributed by atoms with van der Waals surface area (Å²) in [6.45, 7) is 2.17. The Bertz CT molecular complexity index is 1130. The average molecular weight is 450 g/mol.